The average Bonchev–Trinajstić information content (AvgIpc) is 2.73. The normalized spacial score (nSPS) is 12.6. The molecule has 2 rings (SSSR count). The summed E-state index contributed by atoms with van der Waals surface area (Å²) < 4.78 is 1.82. The highest BCUT2D eigenvalue weighted by molar-refractivity contribution is 5.84. The second-order valence-corrected chi connectivity index (χ2v) is 6.09. The van der Waals surface area contributed by atoms with Crippen LogP contribution in [0.25, 0.3) is 11.0 Å². The third-order valence-electron chi connectivity index (χ3n) is 4.35. The summed E-state index contributed by atoms with van der Waals surface area (Å²) >= 11 is 0. The number of aromatic nitrogens is 3. The maximum Gasteiger partial charge on any atom is 0.220 e. The Kier molecular flexibility index (Phi) is 4.84. The van der Waals surface area contributed by atoms with Gasteiger partial charge in [-0.25, -0.2) is 4.98 Å². The van der Waals surface area contributed by atoms with Gasteiger partial charge >= 0.3 is 0 Å². The number of nitrogens with one attached hydrogen (secondary N) is 1. The van der Waals surface area contributed by atoms with Crippen molar-refractivity contribution in [2.75, 3.05) is 0 Å². The van der Waals surface area contributed by atoms with Gasteiger partial charge in [0.2, 0.25) is 5.91 Å². The number of carbonyl (C=O) groups is 1. The zero-order valence-corrected chi connectivity index (χ0v) is 14.4. The summed E-state index contributed by atoms with van der Waals surface area (Å²) in [5.74, 6) is 0.108. The molecular weight excluding hydrogens is 276 g/mol. The fraction of sp³-hybridized carbons (Fsp3) is 0.588. The van der Waals surface area contributed by atoms with Crippen molar-refractivity contribution in [2.24, 2.45) is 7.05 Å². The van der Waals surface area contributed by atoms with Gasteiger partial charge in [0.1, 0.15) is 0 Å². The first-order valence-corrected chi connectivity index (χ1v) is 7.93. The van der Waals surface area contributed by atoms with E-state index in [1.54, 1.807) is 0 Å². The molecule has 0 aromatic carbocycles. The predicted octanol–water partition coefficient (Wildman–Crippen LogP) is 2.74. The molecule has 2 aromatic heterocycles. The van der Waals surface area contributed by atoms with Crippen molar-refractivity contribution in [1.29, 1.82) is 0 Å². The van der Waals surface area contributed by atoms with Crippen molar-refractivity contribution >= 4 is 16.9 Å². The van der Waals surface area contributed by atoms with E-state index < -0.39 is 0 Å². The lowest BCUT2D eigenvalue weighted by Gasteiger charge is -2.13. The molecule has 0 aliphatic carbocycles. The molecule has 120 valence electrons. The van der Waals surface area contributed by atoms with E-state index in [0.717, 1.165) is 35.3 Å². The lowest BCUT2D eigenvalue weighted by molar-refractivity contribution is -0.121. The van der Waals surface area contributed by atoms with Crippen LogP contribution in [0.3, 0.4) is 0 Å². The maximum absolute atomic E-state index is 12.0. The summed E-state index contributed by atoms with van der Waals surface area (Å²) in [6.07, 6.45) is 2.17. The number of carbonyl (C=O) groups excluding carboxylic acids is 1. The zero-order valence-electron chi connectivity index (χ0n) is 14.4. The Balaban J connectivity index is 2.25. The SMILES string of the molecule is CC[C@H](C)NC(=O)CCc1c(C)nc2c(c(C)nn2C)c1C. The largest absolute Gasteiger partial charge is 0.354 e. The van der Waals surface area contributed by atoms with Crippen LogP contribution in [-0.4, -0.2) is 26.7 Å². The lowest BCUT2D eigenvalue weighted by atomic mass is 9.99. The first-order chi connectivity index (χ1) is 10.3. The van der Waals surface area contributed by atoms with Crippen LogP contribution in [-0.2, 0) is 18.3 Å². The summed E-state index contributed by atoms with van der Waals surface area (Å²) in [6.45, 7) is 10.2. The molecular formula is C17H26N4O. The minimum absolute atomic E-state index is 0.108. The highest BCUT2D eigenvalue weighted by Crippen LogP contribution is 2.25. The van der Waals surface area contributed by atoms with Crippen molar-refractivity contribution < 1.29 is 4.79 Å². The monoisotopic (exact) mass is 302 g/mol. The van der Waals surface area contributed by atoms with E-state index in [1.165, 1.54) is 11.1 Å². The molecule has 1 N–H and O–H groups in total. The number of aryl methyl sites for hydroxylation is 4. The van der Waals surface area contributed by atoms with Gasteiger partial charge in [0.05, 0.1) is 5.69 Å². The summed E-state index contributed by atoms with van der Waals surface area (Å²) in [5.41, 5.74) is 5.27. The van der Waals surface area contributed by atoms with E-state index in [-0.39, 0.29) is 11.9 Å². The van der Waals surface area contributed by atoms with E-state index >= 15 is 0 Å². The van der Waals surface area contributed by atoms with Gasteiger partial charge in [0.25, 0.3) is 0 Å². The molecule has 0 fully saturated rings. The molecule has 2 heterocycles. The fourth-order valence-corrected chi connectivity index (χ4v) is 2.92. The Morgan fingerprint density at radius 1 is 1.27 bits per heavy atom. The molecule has 0 aliphatic rings. The van der Waals surface area contributed by atoms with Gasteiger partial charge in [0, 0.05) is 30.6 Å². The van der Waals surface area contributed by atoms with Crippen molar-refractivity contribution in [3.8, 4) is 0 Å². The van der Waals surface area contributed by atoms with Gasteiger partial charge in [-0.15, -0.1) is 0 Å². The zero-order chi connectivity index (χ0) is 16.4. The molecule has 5 heteroatoms. The highest BCUT2D eigenvalue weighted by atomic mass is 16.1. The lowest BCUT2D eigenvalue weighted by Crippen LogP contribution is -2.32. The Morgan fingerprint density at radius 3 is 2.59 bits per heavy atom. The Labute approximate surface area is 132 Å². The van der Waals surface area contributed by atoms with Crippen molar-refractivity contribution in [1.82, 2.24) is 20.1 Å². The van der Waals surface area contributed by atoms with E-state index in [0.29, 0.717) is 6.42 Å². The number of pyridine rings is 1. The molecule has 0 bridgehead atoms. The van der Waals surface area contributed by atoms with Crippen LogP contribution >= 0.6 is 0 Å². The third-order valence-corrected chi connectivity index (χ3v) is 4.35. The third kappa shape index (κ3) is 3.13. The number of rotatable bonds is 5. The van der Waals surface area contributed by atoms with E-state index in [9.17, 15) is 4.79 Å². The minimum Gasteiger partial charge on any atom is -0.354 e. The van der Waals surface area contributed by atoms with Gasteiger partial charge in [-0.2, -0.15) is 5.10 Å². The van der Waals surface area contributed by atoms with Gasteiger partial charge in [0.15, 0.2) is 5.65 Å². The number of hydrogen-bond donors (Lipinski definition) is 1. The molecule has 0 radical (unpaired) electrons. The first kappa shape index (κ1) is 16.5. The van der Waals surface area contributed by atoms with Crippen LogP contribution in [0, 0.1) is 20.8 Å². The molecule has 0 saturated carbocycles. The van der Waals surface area contributed by atoms with Gasteiger partial charge < -0.3 is 5.32 Å². The van der Waals surface area contributed by atoms with Gasteiger partial charge in [-0.3, -0.25) is 9.48 Å². The number of fused-ring (bicyclic) bond motifs is 1. The Hall–Kier alpha value is -1.91. The maximum atomic E-state index is 12.0. The van der Waals surface area contributed by atoms with Crippen molar-refractivity contribution in [2.45, 2.75) is 59.9 Å². The standard InChI is InChI=1S/C17H26N4O/c1-7-10(2)18-15(22)9-8-14-11(3)16-13(5)20-21(6)17(16)19-12(14)4/h10H,7-9H2,1-6H3,(H,18,22)/t10-/m0/s1. The minimum atomic E-state index is 0.108. The summed E-state index contributed by atoms with van der Waals surface area (Å²) in [6, 6.07) is 0.232. The van der Waals surface area contributed by atoms with E-state index in [2.05, 4.69) is 29.2 Å². The van der Waals surface area contributed by atoms with Crippen molar-refractivity contribution in [3.05, 3.63) is 22.5 Å². The number of amides is 1. The number of nitrogens with zero attached hydrogens (tertiary/aromatic N) is 3. The molecule has 0 unspecified atom stereocenters. The topological polar surface area (TPSA) is 59.8 Å². The van der Waals surface area contributed by atoms with Crippen LogP contribution in [0.5, 0.6) is 0 Å². The molecule has 22 heavy (non-hydrogen) atoms. The van der Waals surface area contributed by atoms with Crippen LogP contribution in [0.1, 0.15) is 49.2 Å². The van der Waals surface area contributed by atoms with Crippen LogP contribution in [0.15, 0.2) is 0 Å². The Morgan fingerprint density at radius 2 is 1.95 bits per heavy atom. The Bertz CT molecular complexity index is 702. The number of hydrogen-bond acceptors (Lipinski definition) is 3. The fourth-order valence-electron chi connectivity index (χ4n) is 2.92. The second kappa shape index (κ2) is 6.46. The van der Waals surface area contributed by atoms with Crippen LogP contribution in [0.2, 0.25) is 0 Å². The summed E-state index contributed by atoms with van der Waals surface area (Å²) in [5, 5.41) is 8.59. The molecule has 1 atom stereocenters. The molecule has 0 saturated heterocycles. The van der Waals surface area contributed by atoms with Gasteiger partial charge in [-0.1, -0.05) is 6.92 Å². The van der Waals surface area contributed by atoms with Crippen LogP contribution in [0.4, 0.5) is 0 Å². The van der Waals surface area contributed by atoms with Gasteiger partial charge in [-0.05, 0) is 51.7 Å². The van der Waals surface area contributed by atoms with E-state index in [1.807, 2.05) is 32.5 Å². The van der Waals surface area contributed by atoms with E-state index in [4.69, 9.17) is 0 Å². The molecule has 5 nitrogen and oxygen atoms in total. The summed E-state index contributed by atoms with van der Waals surface area (Å²) in [7, 11) is 1.92. The molecule has 0 aliphatic heterocycles. The van der Waals surface area contributed by atoms with Crippen molar-refractivity contribution in [3.63, 3.8) is 0 Å². The molecule has 0 spiro atoms. The highest BCUT2D eigenvalue weighted by Gasteiger charge is 2.16. The van der Waals surface area contributed by atoms with Crippen LogP contribution < -0.4 is 5.32 Å². The quantitative estimate of drug-likeness (QED) is 0.924. The predicted molar refractivity (Wildman–Crippen MR) is 88.9 cm³/mol. The summed E-state index contributed by atoms with van der Waals surface area (Å²) in [4.78, 5) is 16.7. The smallest absolute Gasteiger partial charge is 0.220 e. The first-order valence-electron chi connectivity index (χ1n) is 7.93. The average molecular weight is 302 g/mol. The molecule has 1 amide bonds. The molecule has 2 aromatic rings. The second-order valence-electron chi connectivity index (χ2n) is 6.09.